The Bertz CT molecular complexity index is 981. The summed E-state index contributed by atoms with van der Waals surface area (Å²) in [5.74, 6) is -0.366. The Morgan fingerprint density at radius 3 is 2.46 bits per heavy atom. The average Bonchev–Trinajstić information content (AvgIpc) is 2.93. The highest BCUT2D eigenvalue weighted by Gasteiger charge is 2.24. The van der Waals surface area contributed by atoms with Crippen molar-refractivity contribution >= 4 is 11.7 Å². The van der Waals surface area contributed by atoms with Gasteiger partial charge in [-0.05, 0) is 31.5 Å². The van der Waals surface area contributed by atoms with Gasteiger partial charge < -0.3 is 9.30 Å². The molecule has 2 aromatic heterocycles. The van der Waals surface area contributed by atoms with Gasteiger partial charge in [0.15, 0.2) is 5.69 Å². The van der Waals surface area contributed by atoms with Gasteiger partial charge in [0.05, 0.1) is 31.5 Å². The zero-order chi connectivity index (χ0) is 18.7. The van der Waals surface area contributed by atoms with Gasteiger partial charge in [-0.2, -0.15) is 0 Å². The van der Waals surface area contributed by atoms with E-state index in [0.29, 0.717) is 17.8 Å². The van der Waals surface area contributed by atoms with Gasteiger partial charge >= 0.3 is 5.97 Å². The maximum atomic E-state index is 12.5. The number of esters is 1. The second-order valence-electron chi connectivity index (χ2n) is 5.98. The third kappa shape index (κ3) is 3.09. The Balaban J connectivity index is 2.17. The molecule has 0 N–H and O–H groups in total. The Morgan fingerprint density at radius 2 is 1.88 bits per heavy atom. The number of benzene rings is 1. The van der Waals surface area contributed by atoms with Crippen LogP contribution in [-0.4, -0.2) is 22.6 Å². The molecule has 130 valence electrons. The molecule has 0 aliphatic carbocycles. The van der Waals surface area contributed by atoms with Gasteiger partial charge in [-0.15, -0.1) is 0 Å². The summed E-state index contributed by atoms with van der Waals surface area (Å²) in [5, 5.41) is 0. The summed E-state index contributed by atoms with van der Waals surface area (Å²) in [6, 6.07) is 13.0. The second-order valence-corrected chi connectivity index (χ2v) is 5.98. The molecule has 0 atom stereocenters. The molecular weight excluding hydrogens is 326 g/mol. The van der Waals surface area contributed by atoms with Crippen LogP contribution in [0, 0.1) is 20.4 Å². The van der Waals surface area contributed by atoms with E-state index in [1.807, 2.05) is 44.2 Å². The highest BCUT2D eigenvalue weighted by atomic mass is 16.5. The third-order valence-electron chi connectivity index (χ3n) is 4.50. The number of ether oxygens (including phenoxy) is 1. The molecule has 0 saturated carbocycles. The first kappa shape index (κ1) is 17.4. The summed E-state index contributed by atoms with van der Waals surface area (Å²) in [6.45, 7) is 11.6. The van der Waals surface area contributed by atoms with Gasteiger partial charge in [0.2, 0.25) is 0 Å². The molecule has 3 rings (SSSR count). The van der Waals surface area contributed by atoms with E-state index in [2.05, 4.69) is 14.4 Å². The lowest BCUT2D eigenvalue weighted by molar-refractivity contribution is 0.0600. The van der Waals surface area contributed by atoms with E-state index < -0.39 is 0 Å². The van der Waals surface area contributed by atoms with Crippen molar-refractivity contribution in [2.75, 3.05) is 7.11 Å². The first-order chi connectivity index (χ1) is 12.6. The van der Waals surface area contributed by atoms with E-state index in [-0.39, 0.29) is 5.97 Å². The van der Waals surface area contributed by atoms with E-state index in [9.17, 15) is 4.79 Å². The van der Waals surface area contributed by atoms with Crippen molar-refractivity contribution in [3.63, 3.8) is 0 Å². The maximum Gasteiger partial charge on any atom is 0.340 e. The Hall–Kier alpha value is -3.39. The smallest absolute Gasteiger partial charge is 0.340 e. The molecule has 0 saturated heterocycles. The largest absolute Gasteiger partial charge is 0.465 e. The van der Waals surface area contributed by atoms with Gasteiger partial charge in [-0.1, -0.05) is 30.3 Å². The number of hydrogen-bond donors (Lipinski definition) is 0. The summed E-state index contributed by atoms with van der Waals surface area (Å²) < 4.78 is 7.10. The van der Waals surface area contributed by atoms with Crippen molar-refractivity contribution < 1.29 is 9.53 Å². The van der Waals surface area contributed by atoms with E-state index in [1.54, 1.807) is 18.3 Å². The monoisotopic (exact) mass is 345 g/mol. The van der Waals surface area contributed by atoms with Crippen molar-refractivity contribution in [2.45, 2.75) is 20.4 Å². The topological polar surface area (TPSA) is 48.5 Å². The number of methoxy groups -OCH3 is 1. The summed E-state index contributed by atoms with van der Waals surface area (Å²) in [7, 11) is 1.39. The van der Waals surface area contributed by atoms with Gasteiger partial charge in [0, 0.05) is 23.1 Å². The Morgan fingerprint density at radius 1 is 1.15 bits per heavy atom. The average molecular weight is 345 g/mol. The van der Waals surface area contributed by atoms with Crippen molar-refractivity contribution in [1.82, 2.24) is 9.55 Å². The summed E-state index contributed by atoms with van der Waals surface area (Å²) in [6.07, 6.45) is 1.76. The molecule has 0 fully saturated rings. The molecule has 5 heteroatoms. The Kier molecular flexibility index (Phi) is 4.85. The van der Waals surface area contributed by atoms with Crippen LogP contribution in [0.15, 0.2) is 48.7 Å². The van der Waals surface area contributed by atoms with Crippen molar-refractivity contribution in [1.29, 1.82) is 0 Å². The fourth-order valence-electron chi connectivity index (χ4n) is 3.18. The molecule has 1 aromatic carbocycles. The van der Waals surface area contributed by atoms with Crippen LogP contribution in [0.3, 0.4) is 0 Å². The van der Waals surface area contributed by atoms with E-state index >= 15 is 0 Å². The van der Waals surface area contributed by atoms with Crippen molar-refractivity contribution in [3.05, 3.63) is 82.7 Å². The molecule has 0 radical (unpaired) electrons. The molecule has 0 unspecified atom stereocenters. The van der Waals surface area contributed by atoms with Crippen LogP contribution in [0.25, 0.3) is 16.0 Å². The zero-order valence-electron chi connectivity index (χ0n) is 15.0. The van der Waals surface area contributed by atoms with Gasteiger partial charge in [0.25, 0.3) is 0 Å². The van der Waals surface area contributed by atoms with E-state index in [0.717, 1.165) is 28.2 Å². The van der Waals surface area contributed by atoms with Crippen molar-refractivity contribution in [2.24, 2.45) is 0 Å². The predicted molar refractivity (Wildman–Crippen MR) is 100 cm³/mol. The first-order valence-corrected chi connectivity index (χ1v) is 8.22. The molecule has 0 aliphatic rings. The highest BCUT2D eigenvalue weighted by Crippen LogP contribution is 2.34. The minimum atomic E-state index is -0.366. The number of nitrogens with zero attached hydrogens (tertiary/aromatic N) is 3. The second kappa shape index (κ2) is 7.24. The van der Waals surface area contributed by atoms with Crippen LogP contribution in [0.5, 0.6) is 0 Å². The molecule has 3 aromatic rings. The summed E-state index contributed by atoms with van der Waals surface area (Å²) in [4.78, 5) is 20.3. The molecule has 0 amide bonds. The molecule has 0 aliphatic heterocycles. The first-order valence-electron chi connectivity index (χ1n) is 8.22. The molecule has 26 heavy (non-hydrogen) atoms. The van der Waals surface area contributed by atoms with Crippen LogP contribution in [-0.2, 0) is 11.3 Å². The number of carbonyl (C=O) groups is 1. The number of hydrogen-bond acceptors (Lipinski definition) is 3. The van der Waals surface area contributed by atoms with E-state index in [1.165, 1.54) is 7.11 Å². The number of aromatic nitrogens is 2. The van der Waals surface area contributed by atoms with Crippen molar-refractivity contribution in [3.8, 4) is 11.1 Å². The normalized spacial score (nSPS) is 10.4. The van der Waals surface area contributed by atoms with Crippen LogP contribution < -0.4 is 0 Å². The number of pyridine rings is 1. The number of rotatable bonds is 4. The lowest BCUT2D eigenvalue weighted by Gasteiger charge is -2.09. The van der Waals surface area contributed by atoms with E-state index in [4.69, 9.17) is 11.3 Å². The highest BCUT2D eigenvalue weighted by molar-refractivity contribution is 5.99. The predicted octanol–water partition coefficient (Wildman–Crippen LogP) is 4.55. The van der Waals surface area contributed by atoms with Gasteiger partial charge in [-0.25, -0.2) is 9.64 Å². The summed E-state index contributed by atoms with van der Waals surface area (Å²) in [5.41, 5.74) is 5.56. The maximum absolute atomic E-state index is 12.5. The molecular formula is C21H19N3O2. The minimum absolute atomic E-state index is 0.366. The molecule has 2 heterocycles. The summed E-state index contributed by atoms with van der Waals surface area (Å²) >= 11 is 0. The molecule has 5 nitrogen and oxygen atoms in total. The molecule has 0 spiro atoms. The van der Waals surface area contributed by atoms with Crippen LogP contribution >= 0.6 is 0 Å². The van der Waals surface area contributed by atoms with Crippen LogP contribution in [0.4, 0.5) is 5.69 Å². The standard InChI is InChI=1S/C21H19N3O2/c1-14-19(16-8-10-17(22-3)11-9-16)20(21(25)26-4)15(2)24(14)13-18-7-5-6-12-23-18/h5-12H,13H2,1-2,4H3. The number of carbonyl (C=O) groups excluding carboxylic acids is 1. The van der Waals surface area contributed by atoms with Gasteiger partial charge in [0.1, 0.15) is 0 Å². The quantitative estimate of drug-likeness (QED) is 0.515. The Labute approximate surface area is 152 Å². The van der Waals surface area contributed by atoms with Crippen LogP contribution in [0.1, 0.15) is 27.4 Å². The lowest BCUT2D eigenvalue weighted by Crippen LogP contribution is -2.08. The molecule has 0 bridgehead atoms. The third-order valence-corrected chi connectivity index (χ3v) is 4.50. The minimum Gasteiger partial charge on any atom is -0.465 e. The zero-order valence-corrected chi connectivity index (χ0v) is 15.0. The lowest BCUT2D eigenvalue weighted by atomic mass is 10.0. The van der Waals surface area contributed by atoms with Crippen LogP contribution in [0.2, 0.25) is 0 Å². The van der Waals surface area contributed by atoms with Gasteiger partial charge in [-0.3, -0.25) is 4.98 Å². The fraction of sp³-hybridized carbons (Fsp3) is 0.190. The SMILES string of the molecule is [C-]#[N+]c1ccc(-c2c(C(=O)OC)c(C)n(Cc3ccccn3)c2C)cc1. The fourth-order valence-corrected chi connectivity index (χ4v) is 3.18.